The van der Waals surface area contributed by atoms with E-state index in [1.807, 2.05) is 4.90 Å². The fraction of sp³-hybridized carbons (Fsp3) is 0.625. The molecule has 2 N–H and O–H groups in total. The van der Waals surface area contributed by atoms with E-state index in [0.717, 1.165) is 31.1 Å². The van der Waals surface area contributed by atoms with Crippen LogP contribution in [-0.4, -0.2) is 27.7 Å². The standard InChI is InChI=1S/C8H11ClN4OS/c9-6-8(12-15-11-6)13-3-1-2-5(4-13)7(10)14/h5H,1-4H2,(H2,10,14). The second kappa shape index (κ2) is 4.32. The fourth-order valence-electron chi connectivity index (χ4n) is 1.76. The minimum absolute atomic E-state index is 0.100. The summed E-state index contributed by atoms with van der Waals surface area (Å²) in [5.41, 5.74) is 5.29. The molecule has 1 aromatic rings. The number of halogens is 1. The van der Waals surface area contributed by atoms with Gasteiger partial charge in [0, 0.05) is 13.1 Å². The molecule has 0 spiro atoms. The number of carbonyl (C=O) groups is 1. The zero-order valence-electron chi connectivity index (χ0n) is 8.02. The molecule has 1 unspecified atom stereocenters. The van der Waals surface area contributed by atoms with E-state index in [9.17, 15) is 4.79 Å². The van der Waals surface area contributed by atoms with Gasteiger partial charge in [-0.2, -0.15) is 8.75 Å². The van der Waals surface area contributed by atoms with Crippen LogP contribution in [0.15, 0.2) is 0 Å². The van der Waals surface area contributed by atoms with E-state index < -0.39 is 0 Å². The smallest absolute Gasteiger partial charge is 0.222 e. The number of rotatable bonds is 2. The number of amides is 1. The van der Waals surface area contributed by atoms with Gasteiger partial charge in [-0.1, -0.05) is 11.6 Å². The van der Waals surface area contributed by atoms with Crippen molar-refractivity contribution in [3.8, 4) is 0 Å². The third-order valence-corrected chi connectivity index (χ3v) is 3.43. The average Bonchev–Trinajstić information content (AvgIpc) is 2.64. The molecule has 15 heavy (non-hydrogen) atoms. The Bertz CT molecular complexity index is 369. The SMILES string of the molecule is NC(=O)C1CCCN(c2nsnc2Cl)C1. The second-order valence-corrected chi connectivity index (χ2v) is 4.45. The van der Waals surface area contributed by atoms with Gasteiger partial charge in [0.2, 0.25) is 5.91 Å². The number of hydrogen-bond acceptors (Lipinski definition) is 5. The summed E-state index contributed by atoms with van der Waals surface area (Å²) in [6, 6.07) is 0. The Morgan fingerprint density at radius 1 is 1.60 bits per heavy atom. The van der Waals surface area contributed by atoms with Crippen LogP contribution in [0, 0.1) is 5.92 Å². The molecule has 1 atom stereocenters. The van der Waals surface area contributed by atoms with Crippen molar-refractivity contribution in [2.75, 3.05) is 18.0 Å². The van der Waals surface area contributed by atoms with Crippen molar-refractivity contribution in [3.63, 3.8) is 0 Å². The first-order valence-electron chi connectivity index (χ1n) is 4.71. The number of nitrogens with two attached hydrogens (primary N) is 1. The molecule has 1 aromatic heterocycles. The quantitative estimate of drug-likeness (QED) is 0.841. The van der Waals surface area contributed by atoms with Crippen molar-refractivity contribution in [1.82, 2.24) is 8.75 Å². The Labute approximate surface area is 96.5 Å². The zero-order valence-corrected chi connectivity index (χ0v) is 9.59. The minimum atomic E-state index is -0.251. The van der Waals surface area contributed by atoms with Crippen molar-refractivity contribution in [2.24, 2.45) is 11.7 Å². The molecule has 1 saturated heterocycles. The highest BCUT2D eigenvalue weighted by molar-refractivity contribution is 6.99. The van der Waals surface area contributed by atoms with Crippen LogP contribution >= 0.6 is 23.3 Å². The molecule has 2 rings (SSSR count). The van der Waals surface area contributed by atoms with Crippen LogP contribution in [0.25, 0.3) is 0 Å². The predicted molar refractivity (Wildman–Crippen MR) is 59.1 cm³/mol. The van der Waals surface area contributed by atoms with E-state index >= 15 is 0 Å². The highest BCUT2D eigenvalue weighted by Gasteiger charge is 2.26. The summed E-state index contributed by atoms with van der Waals surface area (Å²) in [4.78, 5) is 13.1. The van der Waals surface area contributed by atoms with E-state index in [1.54, 1.807) is 0 Å². The van der Waals surface area contributed by atoms with Crippen LogP contribution in [0.3, 0.4) is 0 Å². The van der Waals surface area contributed by atoms with Gasteiger partial charge in [0.25, 0.3) is 0 Å². The predicted octanol–water partition coefficient (Wildman–Crippen LogP) is 0.893. The molecule has 82 valence electrons. The molecule has 1 aliphatic rings. The van der Waals surface area contributed by atoms with Crippen molar-refractivity contribution in [1.29, 1.82) is 0 Å². The Morgan fingerprint density at radius 3 is 3.00 bits per heavy atom. The van der Waals surface area contributed by atoms with Crippen LogP contribution in [0.4, 0.5) is 5.82 Å². The van der Waals surface area contributed by atoms with Crippen molar-refractivity contribution < 1.29 is 4.79 Å². The Morgan fingerprint density at radius 2 is 2.40 bits per heavy atom. The van der Waals surface area contributed by atoms with Crippen molar-refractivity contribution in [3.05, 3.63) is 5.15 Å². The summed E-state index contributed by atoms with van der Waals surface area (Å²) in [7, 11) is 0. The largest absolute Gasteiger partial charge is 0.369 e. The number of nitrogens with zero attached hydrogens (tertiary/aromatic N) is 3. The van der Waals surface area contributed by atoms with E-state index in [0.29, 0.717) is 17.5 Å². The van der Waals surface area contributed by atoms with Gasteiger partial charge in [-0.3, -0.25) is 4.79 Å². The minimum Gasteiger partial charge on any atom is -0.369 e. The van der Waals surface area contributed by atoms with Gasteiger partial charge in [-0.05, 0) is 12.8 Å². The number of piperidine rings is 1. The maximum Gasteiger partial charge on any atom is 0.222 e. The summed E-state index contributed by atoms with van der Waals surface area (Å²) < 4.78 is 8.01. The molecule has 2 heterocycles. The van der Waals surface area contributed by atoms with Gasteiger partial charge in [-0.25, -0.2) is 0 Å². The lowest BCUT2D eigenvalue weighted by molar-refractivity contribution is -0.122. The van der Waals surface area contributed by atoms with Gasteiger partial charge in [0.15, 0.2) is 11.0 Å². The first-order valence-corrected chi connectivity index (χ1v) is 5.81. The maximum absolute atomic E-state index is 11.1. The Balaban J connectivity index is 2.11. The average molecular weight is 247 g/mol. The number of anilines is 1. The summed E-state index contributed by atoms with van der Waals surface area (Å²) in [6.45, 7) is 1.45. The molecular weight excluding hydrogens is 236 g/mol. The molecule has 1 aliphatic heterocycles. The molecule has 0 radical (unpaired) electrons. The number of primary amides is 1. The van der Waals surface area contributed by atoms with Gasteiger partial charge in [-0.15, -0.1) is 0 Å². The van der Waals surface area contributed by atoms with Crippen molar-refractivity contribution >= 4 is 35.1 Å². The summed E-state index contributed by atoms with van der Waals surface area (Å²) in [5.74, 6) is 0.322. The molecule has 0 bridgehead atoms. The van der Waals surface area contributed by atoms with Gasteiger partial charge >= 0.3 is 0 Å². The molecule has 0 saturated carbocycles. The van der Waals surface area contributed by atoms with Crippen LogP contribution in [0.2, 0.25) is 5.15 Å². The van der Waals surface area contributed by atoms with Gasteiger partial charge in [0.05, 0.1) is 17.6 Å². The van der Waals surface area contributed by atoms with E-state index in [-0.39, 0.29) is 11.8 Å². The second-order valence-electron chi connectivity index (χ2n) is 3.57. The third kappa shape index (κ3) is 2.21. The van der Waals surface area contributed by atoms with Gasteiger partial charge in [0.1, 0.15) is 0 Å². The maximum atomic E-state index is 11.1. The highest BCUT2D eigenvalue weighted by atomic mass is 35.5. The molecular formula is C8H11ClN4OS. The lowest BCUT2D eigenvalue weighted by Gasteiger charge is -2.31. The number of hydrogen-bond donors (Lipinski definition) is 1. The summed E-state index contributed by atoms with van der Waals surface area (Å²) >= 11 is 6.96. The third-order valence-electron chi connectivity index (χ3n) is 2.56. The van der Waals surface area contributed by atoms with E-state index in [2.05, 4.69) is 8.75 Å². The zero-order chi connectivity index (χ0) is 10.8. The van der Waals surface area contributed by atoms with Crippen LogP contribution in [-0.2, 0) is 4.79 Å². The van der Waals surface area contributed by atoms with Crippen LogP contribution < -0.4 is 10.6 Å². The molecule has 1 amide bonds. The normalized spacial score (nSPS) is 21.7. The molecule has 5 nitrogen and oxygen atoms in total. The van der Waals surface area contributed by atoms with Crippen LogP contribution in [0.5, 0.6) is 0 Å². The number of aromatic nitrogens is 2. The van der Waals surface area contributed by atoms with Gasteiger partial charge < -0.3 is 10.6 Å². The Kier molecular flexibility index (Phi) is 3.06. The lowest BCUT2D eigenvalue weighted by atomic mass is 9.98. The molecule has 0 aliphatic carbocycles. The highest BCUT2D eigenvalue weighted by Crippen LogP contribution is 2.27. The van der Waals surface area contributed by atoms with E-state index in [1.165, 1.54) is 0 Å². The number of carbonyl (C=O) groups excluding carboxylic acids is 1. The first-order chi connectivity index (χ1) is 7.18. The van der Waals surface area contributed by atoms with Crippen LogP contribution in [0.1, 0.15) is 12.8 Å². The molecule has 7 heteroatoms. The van der Waals surface area contributed by atoms with E-state index in [4.69, 9.17) is 17.3 Å². The summed E-state index contributed by atoms with van der Waals surface area (Å²) in [5, 5.41) is 0.408. The van der Waals surface area contributed by atoms with Crippen molar-refractivity contribution in [2.45, 2.75) is 12.8 Å². The molecule has 0 aromatic carbocycles. The summed E-state index contributed by atoms with van der Waals surface area (Å²) in [6.07, 6.45) is 1.78. The monoisotopic (exact) mass is 246 g/mol. The first kappa shape index (κ1) is 10.6. The lowest BCUT2D eigenvalue weighted by Crippen LogP contribution is -2.41. The molecule has 1 fully saturated rings. The Hall–Kier alpha value is -0.880. The topological polar surface area (TPSA) is 72.1 Å². The fourth-order valence-corrected chi connectivity index (χ4v) is 2.54.